The highest BCUT2D eigenvalue weighted by molar-refractivity contribution is 6.31. The van der Waals surface area contributed by atoms with Crippen molar-refractivity contribution in [2.24, 2.45) is 5.92 Å². The minimum absolute atomic E-state index is 0.127. The zero-order chi connectivity index (χ0) is 29.0. The second kappa shape index (κ2) is 12.9. The maximum atomic E-state index is 13.3. The molecule has 0 bridgehead atoms. The Balaban J connectivity index is 1.48. The zero-order valence-electron chi connectivity index (χ0n) is 24.1. The summed E-state index contributed by atoms with van der Waals surface area (Å²) >= 11 is 6.43. The van der Waals surface area contributed by atoms with Gasteiger partial charge in [-0.2, -0.15) is 0 Å². The number of carbonyl (C=O) groups excluding carboxylic acids is 1. The van der Waals surface area contributed by atoms with Gasteiger partial charge < -0.3 is 20.7 Å². The molecular weight excluding hydrogens is 520 g/mol. The lowest BCUT2D eigenvalue weighted by atomic mass is 9.93. The second-order valence-corrected chi connectivity index (χ2v) is 11.6. The van der Waals surface area contributed by atoms with Crippen molar-refractivity contribution < 1.29 is 9.53 Å². The second-order valence-electron chi connectivity index (χ2n) is 11.2. The standard InChI is InChI=1S/C33H41ClN4O2/c1-6-24-19-26(17-21(4)38(24)5)40-25-14-11-22(12-15-25)31(36)28-18-23(13-16-30(28)35)33(39)37-32(20(2)3)27-9-7-8-10-29(27)34/h7-16,18,20-21,24,26,32,36H,6,17,19,35H2,1-5H3,(H,37,39). The number of anilines is 1. The molecule has 3 aromatic rings. The number of hydrogen-bond acceptors (Lipinski definition) is 5. The molecule has 0 saturated carbocycles. The Labute approximate surface area is 243 Å². The van der Waals surface area contributed by atoms with E-state index in [0.29, 0.717) is 39.5 Å². The average Bonchev–Trinajstić information content (AvgIpc) is 2.94. The molecule has 1 saturated heterocycles. The normalized spacial score (nSPS) is 20.2. The summed E-state index contributed by atoms with van der Waals surface area (Å²) in [4.78, 5) is 15.8. The Morgan fingerprint density at radius 3 is 2.42 bits per heavy atom. The number of nitrogens with two attached hydrogens (primary N) is 1. The van der Waals surface area contributed by atoms with E-state index in [0.717, 1.165) is 30.6 Å². The third-order valence-electron chi connectivity index (χ3n) is 8.11. The van der Waals surface area contributed by atoms with E-state index in [2.05, 4.69) is 31.1 Å². The van der Waals surface area contributed by atoms with Crippen molar-refractivity contribution in [3.63, 3.8) is 0 Å². The van der Waals surface area contributed by atoms with E-state index in [-0.39, 0.29) is 29.7 Å². The third-order valence-corrected chi connectivity index (χ3v) is 8.45. The molecule has 6 nitrogen and oxygen atoms in total. The number of halogens is 1. The molecule has 1 aliphatic heterocycles. The van der Waals surface area contributed by atoms with Crippen LogP contribution in [-0.4, -0.2) is 41.8 Å². The van der Waals surface area contributed by atoms with Crippen molar-refractivity contribution in [3.8, 4) is 5.75 Å². The third kappa shape index (κ3) is 6.68. The predicted octanol–water partition coefficient (Wildman–Crippen LogP) is 7.11. The van der Waals surface area contributed by atoms with Crippen molar-refractivity contribution in [2.45, 2.75) is 71.2 Å². The largest absolute Gasteiger partial charge is 0.490 e. The van der Waals surface area contributed by atoms with Gasteiger partial charge in [-0.05, 0) is 93.2 Å². The van der Waals surface area contributed by atoms with Gasteiger partial charge in [-0.1, -0.05) is 50.6 Å². The summed E-state index contributed by atoms with van der Waals surface area (Å²) in [5, 5.41) is 12.6. The number of benzene rings is 3. The molecule has 40 heavy (non-hydrogen) atoms. The van der Waals surface area contributed by atoms with Gasteiger partial charge in [0.15, 0.2) is 0 Å². The van der Waals surface area contributed by atoms with Gasteiger partial charge in [0.2, 0.25) is 0 Å². The zero-order valence-corrected chi connectivity index (χ0v) is 24.8. The maximum Gasteiger partial charge on any atom is 0.251 e. The van der Waals surface area contributed by atoms with Crippen LogP contribution in [0.1, 0.15) is 80.0 Å². The number of nitrogen functional groups attached to an aromatic ring is 1. The molecule has 4 unspecified atom stereocenters. The molecule has 7 heteroatoms. The molecule has 1 aliphatic rings. The Morgan fingerprint density at radius 2 is 1.77 bits per heavy atom. The van der Waals surface area contributed by atoms with E-state index in [1.54, 1.807) is 18.2 Å². The lowest BCUT2D eigenvalue weighted by molar-refractivity contribution is 0.0344. The molecular formula is C33H41ClN4O2. The van der Waals surface area contributed by atoms with Crippen molar-refractivity contribution in [1.29, 1.82) is 5.41 Å². The monoisotopic (exact) mass is 560 g/mol. The summed E-state index contributed by atoms with van der Waals surface area (Å²) in [5.74, 6) is 0.685. The van der Waals surface area contributed by atoms with Crippen molar-refractivity contribution >= 4 is 28.9 Å². The molecule has 0 spiro atoms. The molecule has 4 rings (SSSR count). The van der Waals surface area contributed by atoms with Crippen LogP contribution in [0.15, 0.2) is 66.7 Å². The molecule has 1 amide bonds. The quantitative estimate of drug-likeness (QED) is 0.192. The highest BCUT2D eigenvalue weighted by atomic mass is 35.5. The summed E-state index contributed by atoms with van der Waals surface area (Å²) in [6.45, 7) is 8.56. The fourth-order valence-corrected chi connectivity index (χ4v) is 5.79. The van der Waals surface area contributed by atoms with E-state index < -0.39 is 0 Å². The maximum absolute atomic E-state index is 13.3. The number of hydrogen-bond donors (Lipinski definition) is 3. The average molecular weight is 561 g/mol. The Kier molecular flexibility index (Phi) is 9.54. The van der Waals surface area contributed by atoms with E-state index in [4.69, 9.17) is 27.5 Å². The molecule has 4 N–H and O–H groups in total. The van der Waals surface area contributed by atoms with Crippen molar-refractivity contribution in [2.75, 3.05) is 12.8 Å². The Hall–Kier alpha value is -3.35. The molecule has 212 valence electrons. The number of carbonyl (C=O) groups is 1. The SMILES string of the molecule is CCC1CC(Oc2ccc(C(=N)c3cc(C(=O)NC(c4ccccc4Cl)C(C)C)ccc3N)cc2)CC(C)N1C. The minimum atomic E-state index is -0.255. The first-order valence-corrected chi connectivity index (χ1v) is 14.5. The van der Waals surface area contributed by atoms with Crippen LogP contribution in [0.2, 0.25) is 5.02 Å². The highest BCUT2D eigenvalue weighted by Crippen LogP contribution is 2.30. The summed E-state index contributed by atoms with van der Waals surface area (Å²) in [5.41, 5.74) is 9.50. The molecule has 1 fully saturated rings. The van der Waals surface area contributed by atoms with Crippen molar-refractivity contribution in [3.05, 3.63) is 94.0 Å². The number of likely N-dealkylation sites (tertiary alicyclic amines) is 1. The van der Waals surface area contributed by atoms with Crippen LogP contribution < -0.4 is 15.8 Å². The Bertz CT molecular complexity index is 1340. The first-order chi connectivity index (χ1) is 19.1. The van der Waals surface area contributed by atoms with E-state index in [1.807, 2.05) is 62.4 Å². The van der Waals surface area contributed by atoms with Gasteiger partial charge in [-0.3, -0.25) is 10.2 Å². The van der Waals surface area contributed by atoms with Crippen LogP contribution in [-0.2, 0) is 0 Å². The lowest BCUT2D eigenvalue weighted by Gasteiger charge is -2.41. The summed E-state index contributed by atoms with van der Waals surface area (Å²) < 4.78 is 6.34. The fourth-order valence-electron chi connectivity index (χ4n) is 5.54. The molecule has 0 aromatic heterocycles. The van der Waals surface area contributed by atoms with Gasteiger partial charge in [0.25, 0.3) is 5.91 Å². The highest BCUT2D eigenvalue weighted by Gasteiger charge is 2.31. The smallest absolute Gasteiger partial charge is 0.251 e. The minimum Gasteiger partial charge on any atom is -0.490 e. The first-order valence-electron chi connectivity index (χ1n) is 14.1. The topological polar surface area (TPSA) is 91.4 Å². The van der Waals surface area contributed by atoms with Crippen LogP contribution in [0.4, 0.5) is 5.69 Å². The summed E-state index contributed by atoms with van der Waals surface area (Å²) in [7, 11) is 2.20. The Morgan fingerprint density at radius 1 is 1.10 bits per heavy atom. The number of amides is 1. The fraction of sp³-hybridized carbons (Fsp3) is 0.394. The van der Waals surface area contributed by atoms with Gasteiger partial charge in [-0.25, -0.2) is 0 Å². The number of ether oxygens (including phenoxy) is 1. The van der Waals surface area contributed by atoms with Crippen LogP contribution in [0.3, 0.4) is 0 Å². The summed E-state index contributed by atoms with van der Waals surface area (Å²) in [6, 6.07) is 20.9. The van der Waals surface area contributed by atoms with Crippen LogP contribution in [0.25, 0.3) is 0 Å². The lowest BCUT2D eigenvalue weighted by Crippen LogP contribution is -2.48. The molecule has 3 aromatic carbocycles. The number of nitrogens with zero attached hydrogens (tertiary/aromatic N) is 1. The van der Waals surface area contributed by atoms with Gasteiger partial charge in [0.05, 0.1) is 11.8 Å². The van der Waals surface area contributed by atoms with Crippen LogP contribution in [0.5, 0.6) is 5.75 Å². The molecule has 4 atom stereocenters. The van der Waals surface area contributed by atoms with Gasteiger partial charge in [0, 0.05) is 39.5 Å². The van der Waals surface area contributed by atoms with Gasteiger partial charge >= 0.3 is 0 Å². The predicted molar refractivity (Wildman–Crippen MR) is 165 cm³/mol. The number of piperidine rings is 1. The molecule has 0 radical (unpaired) electrons. The van der Waals surface area contributed by atoms with Crippen molar-refractivity contribution in [1.82, 2.24) is 10.2 Å². The van der Waals surface area contributed by atoms with Crippen LogP contribution >= 0.6 is 11.6 Å². The molecule has 1 heterocycles. The van der Waals surface area contributed by atoms with Gasteiger partial charge in [-0.15, -0.1) is 0 Å². The van der Waals surface area contributed by atoms with E-state index >= 15 is 0 Å². The van der Waals surface area contributed by atoms with E-state index in [1.165, 1.54) is 0 Å². The summed E-state index contributed by atoms with van der Waals surface area (Å²) in [6.07, 6.45) is 3.28. The number of rotatable bonds is 9. The van der Waals surface area contributed by atoms with Gasteiger partial charge in [0.1, 0.15) is 11.9 Å². The molecule has 0 aliphatic carbocycles. The van der Waals surface area contributed by atoms with Crippen LogP contribution in [0, 0.1) is 11.3 Å². The number of nitrogens with one attached hydrogen (secondary N) is 2. The van der Waals surface area contributed by atoms with E-state index in [9.17, 15) is 4.79 Å². The first kappa shape index (κ1) is 29.6.